The highest BCUT2D eigenvalue weighted by molar-refractivity contribution is 7.92. The number of fused-ring (bicyclic) bond motifs is 1. The van der Waals surface area contributed by atoms with Crippen LogP contribution in [0.4, 0.5) is 11.4 Å². The van der Waals surface area contributed by atoms with Crippen LogP contribution in [-0.4, -0.2) is 28.5 Å². The molecule has 1 amide bonds. The van der Waals surface area contributed by atoms with Gasteiger partial charge in [0.1, 0.15) is 5.75 Å². The Bertz CT molecular complexity index is 1230. The number of methoxy groups -OCH3 is 2. The molecule has 0 spiro atoms. The summed E-state index contributed by atoms with van der Waals surface area (Å²) < 4.78 is 44.3. The zero-order chi connectivity index (χ0) is 22.0. The largest absolute Gasteiger partial charge is 0.493 e. The van der Waals surface area contributed by atoms with Crippen LogP contribution in [0.3, 0.4) is 0 Å². The molecular weight excluding hydrogens is 420 g/mol. The van der Waals surface area contributed by atoms with E-state index in [0.29, 0.717) is 22.9 Å². The lowest BCUT2D eigenvalue weighted by molar-refractivity contribution is -0.123. The lowest BCUT2D eigenvalue weighted by Gasteiger charge is -2.26. The molecule has 0 fully saturated rings. The van der Waals surface area contributed by atoms with Crippen LogP contribution in [0.2, 0.25) is 0 Å². The molecule has 1 aliphatic rings. The number of ether oxygens (including phenoxy) is 3. The molecule has 0 radical (unpaired) electrons. The van der Waals surface area contributed by atoms with Crippen molar-refractivity contribution in [2.45, 2.75) is 11.0 Å². The second-order valence-corrected chi connectivity index (χ2v) is 8.41. The van der Waals surface area contributed by atoms with E-state index in [0.717, 1.165) is 5.56 Å². The summed E-state index contributed by atoms with van der Waals surface area (Å²) in [5, 5.41) is 2.77. The fraction of sp³-hybridized carbons (Fsp3) is 0.136. The van der Waals surface area contributed by atoms with Gasteiger partial charge < -0.3 is 19.5 Å². The van der Waals surface area contributed by atoms with Crippen molar-refractivity contribution in [1.29, 1.82) is 0 Å². The van der Waals surface area contributed by atoms with E-state index in [-0.39, 0.29) is 16.5 Å². The number of amides is 1. The highest BCUT2D eigenvalue weighted by atomic mass is 32.2. The summed E-state index contributed by atoms with van der Waals surface area (Å²) in [6, 6.07) is 18.1. The molecule has 1 atom stereocenters. The molecule has 9 heteroatoms. The Hall–Kier alpha value is -3.72. The molecule has 0 aromatic heterocycles. The van der Waals surface area contributed by atoms with Crippen LogP contribution in [0.25, 0.3) is 0 Å². The van der Waals surface area contributed by atoms with Gasteiger partial charge in [0, 0.05) is 11.6 Å². The van der Waals surface area contributed by atoms with Crippen molar-refractivity contribution in [3.8, 4) is 17.2 Å². The molecule has 0 bridgehead atoms. The van der Waals surface area contributed by atoms with Crippen molar-refractivity contribution in [1.82, 2.24) is 0 Å². The van der Waals surface area contributed by atoms with Gasteiger partial charge in [-0.25, -0.2) is 8.42 Å². The Kier molecular flexibility index (Phi) is 5.43. The minimum absolute atomic E-state index is 0.00676. The van der Waals surface area contributed by atoms with Gasteiger partial charge in [0.15, 0.2) is 11.5 Å². The number of anilines is 2. The van der Waals surface area contributed by atoms with Gasteiger partial charge in [0.2, 0.25) is 6.10 Å². The van der Waals surface area contributed by atoms with Crippen LogP contribution in [0.5, 0.6) is 17.2 Å². The maximum absolute atomic E-state index is 12.8. The van der Waals surface area contributed by atoms with Gasteiger partial charge in [0.05, 0.1) is 30.5 Å². The first kappa shape index (κ1) is 20.5. The first-order chi connectivity index (χ1) is 14.9. The van der Waals surface area contributed by atoms with Crippen LogP contribution in [0, 0.1) is 0 Å². The molecule has 1 unspecified atom stereocenters. The predicted octanol–water partition coefficient (Wildman–Crippen LogP) is 3.58. The van der Waals surface area contributed by atoms with Crippen LogP contribution in [0.15, 0.2) is 71.6 Å². The molecule has 160 valence electrons. The molecule has 2 N–H and O–H groups in total. The van der Waals surface area contributed by atoms with Crippen molar-refractivity contribution < 1.29 is 27.4 Å². The van der Waals surface area contributed by atoms with E-state index in [1.54, 1.807) is 24.3 Å². The van der Waals surface area contributed by atoms with E-state index in [1.165, 1.54) is 38.5 Å². The molecule has 0 aliphatic carbocycles. The number of sulfonamides is 1. The molecule has 4 rings (SSSR count). The minimum Gasteiger partial charge on any atom is -0.493 e. The fourth-order valence-electron chi connectivity index (χ4n) is 3.22. The van der Waals surface area contributed by atoms with Crippen molar-refractivity contribution in [2.24, 2.45) is 0 Å². The molecule has 0 saturated carbocycles. The quantitative estimate of drug-likeness (QED) is 0.607. The number of carbonyl (C=O) groups is 1. The first-order valence-electron chi connectivity index (χ1n) is 9.32. The third-order valence-corrected chi connectivity index (χ3v) is 6.12. The van der Waals surface area contributed by atoms with Gasteiger partial charge in [-0.2, -0.15) is 0 Å². The summed E-state index contributed by atoms with van der Waals surface area (Å²) in [5.41, 5.74) is 1.38. The van der Waals surface area contributed by atoms with E-state index >= 15 is 0 Å². The van der Waals surface area contributed by atoms with Gasteiger partial charge in [-0.3, -0.25) is 9.52 Å². The van der Waals surface area contributed by atoms with Crippen LogP contribution in [-0.2, 0) is 14.8 Å². The van der Waals surface area contributed by atoms with E-state index in [9.17, 15) is 13.2 Å². The van der Waals surface area contributed by atoms with Crippen molar-refractivity contribution >= 4 is 27.3 Å². The Labute approximate surface area is 179 Å². The second-order valence-electron chi connectivity index (χ2n) is 6.73. The summed E-state index contributed by atoms with van der Waals surface area (Å²) in [6.45, 7) is 0. The molecular formula is C22H20N2O6S. The van der Waals surface area contributed by atoms with Gasteiger partial charge in [-0.05, 0) is 30.3 Å². The highest BCUT2D eigenvalue weighted by Crippen LogP contribution is 2.37. The number of hydrogen-bond acceptors (Lipinski definition) is 6. The summed E-state index contributed by atoms with van der Waals surface area (Å²) in [6.07, 6.45) is -0.775. The lowest BCUT2D eigenvalue weighted by Crippen LogP contribution is -2.30. The normalized spacial score (nSPS) is 15.3. The van der Waals surface area contributed by atoms with Crippen molar-refractivity contribution in [3.63, 3.8) is 0 Å². The van der Waals surface area contributed by atoms with Crippen molar-refractivity contribution in [3.05, 3.63) is 72.3 Å². The number of benzene rings is 3. The summed E-state index contributed by atoms with van der Waals surface area (Å²) >= 11 is 0. The smallest absolute Gasteiger partial charge is 0.270 e. The molecule has 1 aliphatic heterocycles. The van der Waals surface area contributed by atoms with E-state index in [2.05, 4.69) is 10.0 Å². The van der Waals surface area contributed by atoms with Crippen LogP contribution >= 0.6 is 0 Å². The number of nitrogens with one attached hydrogen (secondary N) is 2. The molecule has 0 saturated heterocycles. The van der Waals surface area contributed by atoms with Crippen molar-refractivity contribution in [2.75, 3.05) is 24.3 Å². The monoisotopic (exact) mass is 440 g/mol. The van der Waals surface area contributed by atoms with Gasteiger partial charge in [0.25, 0.3) is 15.9 Å². The number of hydrogen-bond donors (Lipinski definition) is 2. The Morgan fingerprint density at radius 2 is 1.68 bits per heavy atom. The zero-order valence-electron chi connectivity index (χ0n) is 16.8. The summed E-state index contributed by atoms with van der Waals surface area (Å²) in [7, 11) is -1.01. The third kappa shape index (κ3) is 4.13. The van der Waals surface area contributed by atoms with E-state index in [1.807, 2.05) is 18.2 Å². The second kappa shape index (κ2) is 8.19. The molecule has 31 heavy (non-hydrogen) atoms. The molecule has 3 aromatic carbocycles. The average Bonchev–Trinajstić information content (AvgIpc) is 2.78. The zero-order valence-corrected chi connectivity index (χ0v) is 17.6. The maximum atomic E-state index is 12.8. The molecule has 8 nitrogen and oxygen atoms in total. The van der Waals surface area contributed by atoms with Gasteiger partial charge in [-0.15, -0.1) is 0 Å². The third-order valence-electron chi connectivity index (χ3n) is 4.74. The first-order valence-corrected chi connectivity index (χ1v) is 10.8. The predicted molar refractivity (Wildman–Crippen MR) is 115 cm³/mol. The molecule has 1 heterocycles. The summed E-state index contributed by atoms with van der Waals surface area (Å²) in [4.78, 5) is 12.5. The fourth-order valence-corrected chi connectivity index (χ4v) is 4.28. The Morgan fingerprint density at radius 3 is 2.39 bits per heavy atom. The van der Waals surface area contributed by atoms with Gasteiger partial charge in [-0.1, -0.05) is 30.3 Å². The van der Waals surface area contributed by atoms with E-state index in [4.69, 9.17) is 14.2 Å². The number of rotatable bonds is 6. The van der Waals surface area contributed by atoms with Crippen LogP contribution in [0.1, 0.15) is 11.7 Å². The lowest BCUT2D eigenvalue weighted by atomic mass is 10.1. The van der Waals surface area contributed by atoms with E-state index < -0.39 is 16.1 Å². The number of carbonyl (C=O) groups excluding carboxylic acids is 1. The van der Waals surface area contributed by atoms with Gasteiger partial charge >= 0.3 is 0 Å². The Morgan fingerprint density at radius 1 is 0.935 bits per heavy atom. The molecule has 3 aromatic rings. The average molecular weight is 440 g/mol. The Balaban J connectivity index is 1.58. The standard InChI is InChI=1S/C22H20N2O6S/c1-28-19-11-9-16(13-20(19)29-2)31(26,27)24-15-8-10-18-17(12-15)23-22(25)21(30-18)14-6-4-3-5-7-14/h3-13,21,24H,1-2H3,(H,23,25). The topological polar surface area (TPSA) is 103 Å². The SMILES string of the molecule is COc1ccc(S(=O)(=O)Nc2ccc3c(c2)NC(=O)C(c2ccccc2)O3)cc1OC. The minimum atomic E-state index is -3.90. The maximum Gasteiger partial charge on any atom is 0.270 e. The highest BCUT2D eigenvalue weighted by Gasteiger charge is 2.29. The summed E-state index contributed by atoms with van der Waals surface area (Å²) in [5.74, 6) is 0.826. The van der Waals surface area contributed by atoms with Crippen LogP contribution < -0.4 is 24.2 Å².